The van der Waals surface area contributed by atoms with Crippen LogP contribution in [0.15, 0.2) is 53.5 Å². The minimum atomic E-state index is 0.677. The number of benzene rings is 2. The Kier molecular flexibility index (Phi) is 8.66. The molecule has 1 aliphatic rings. The van der Waals surface area contributed by atoms with Gasteiger partial charge in [0, 0.05) is 38.4 Å². The summed E-state index contributed by atoms with van der Waals surface area (Å²) >= 11 is 0. The molecule has 2 aromatic rings. The van der Waals surface area contributed by atoms with Crippen molar-refractivity contribution in [2.24, 2.45) is 4.99 Å². The van der Waals surface area contributed by atoms with Crippen LogP contribution in [0.25, 0.3) is 0 Å². The smallest absolute Gasteiger partial charge is 0.195 e. The molecule has 1 aliphatic heterocycles. The van der Waals surface area contributed by atoms with Crippen LogP contribution in [-0.4, -0.2) is 46.0 Å². The van der Waals surface area contributed by atoms with Gasteiger partial charge >= 0.3 is 0 Å². The highest BCUT2D eigenvalue weighted by molar-refractivity contribution is 5.93. The second-order valence-corrected chi connectivity index (χ2v) is 6.89. The lowest BCUT2D eigenvalue weighted by molar-refractivity contribution is 0.133. The van der Waals surface area contributed by atoms with Crippen LogP contribution in [0.3, 0.4) is 0 Å². The number of fused-ring (bicyclic) bond motifs is 1. The average molecular weight is 398 g/mol. The lowest BCUT2D eigenvalue weighted by atomic mass is 10.2. The van der Waals surface area contributed by atoms with Crippen molar-refractivity contribution in [2.45, 2.75) is 25.7 Å². The predicted octanol–water partition coefficient (Wildman–Crippen LogP) is 3.87. The fraction of sp³-hybridized carbons (Fsp3) is 0.435. The molecule has 6 heteroatoms. The molecule has 0 saturated heterocycles. The minimum Gasteiger partial charge on any atom is -0.490 e. The van der Waals surface area contributed by atoms with Crippen LogP contribution in [0.4, 0.5) is 5.69 Å². The zero-order valence-corrected chi connectivity index (χ0v) is 17.2. The fourth-order valence-corrected chi connectivity index (χ4v) is 3.03. The molecule has 0 bridgehead atoms. The normalized spacial score (nSPS) is 13.6. The molecule has 6 nitrogen and oxygen atoms in total. The molecule has 0 aliphatic carbocycles. The van der Waals surface area contributed by atoms with E-state index in [0.717, 1.165) is 68.6 Å². The third-order valence-corrected chi connectivity index (χ3v) is 4.62. The summed E-state index contributed by atoms with van der Waals surface area (Å²) in [7, 11) is 1.77. The van der Waals surface area contributed by atoms with Crippen molar-refractivity contribution in [2.75, 3.05) is 45.3 Å². The molecular weight excluding hydrogens is 366 g/mol. The van der Waals surface area contributed by atoms with E-state index >= 15 is 0 Å². The number of rotatable bonds is 9. The number of hydrogen-bond acceptors (Lipinski definition) is 4. The second kappa shape index (κ2) is 12.0. The summed E-state index contributed by atoms with van der Waals surface area (Å²) in [6.45, 7) is 3.76. The van der Waals surface area contributed by atoms with Gasteiger partial charge < -0.3 is 24.8 Å². The topological polar surface area (TPSA) is 64.1 Å². The summed E-state index contributed by atoms with van der Waals surface area (Å²) in [6.07, 6.45) is 3.90. The van der Waals surface area contributed by atoms with Gasteiger partial charge in [0.2, 0.25) is 0 Å². The Morgan fingerprint density at radius 2 is 1.83 bits per heavy atom. The van der Waals surface area contributed by atoms with E-state index in [-0.39, 0.29) is 0 Å². The molecule has 0 amide bonds. The van der Waals surface area contributed by atoms with Crippen molar-refractivity contribution < 1.29 is 14.2 Å². The second-order valence-electron chi connectivity index (χ2n) is 6.89. The van der Waals surface area contributed by atoms with E-state index in [2.05, 4.69) is 39.9 Å². The van der Waals surface area contributed by atoms with Crippen molar-refractivity contribution in [3.8, 4) is 11.5 Å². The fourth-order valence-electron chi connectivity index (χ4n) is 3.03. The molecule has 0 saturated carbocycles. The van der Waals surface area contributed by atoms with Gasteiger partial charge in [-0.05, 0) is 37.0 Å². The Balaban J connectivity index is 1.30. The van der Waals surface area contributed by atoms with Crippen LogP contribution in [0.2, 0.25) is 0 Å². The number of aliphatic imine (C=N–C) groups is 1. The standard InChI is InChI=1S/C23H31N3O3/c1-24-23(26-20-10-11-21-22(18-20)29-16-7-15-28-21)25-13-5-6-14-27-17-12-19-8-3-2-4-9-19/h2-4,8-11,18H,5-7,12-17H2,1H3,(H2,24,25,26). The molecule has 3 rings (SSSR count). The molecule has 0 spiro atoms. The first-order chi connectivity index (χ1) is 14.3. The van der Waals surface area contributed by atoms with Gasteiger partial charge in [0.1, 0.15) is 0 Å². The van der Waals surface area contributed by atoms with Crippen LogP contribution in [0.5, 0.6) is 11.5 Å². The van der Waals surface area contributed by atoms with Gasteiger partial charge in [0.15, 0.2) is 17.5 Å². The molecule has 0 aromatic heterocycles. The van der Waals surface area contributed by atoms with Crippen molar-refractivity contribution in [3.63, 3.8) is 0 Å². The summed E-state index contributed by atoms with van der Waals surface area (Å²) in [6, 6.07) is 16.3. The molecule has 0 fully saturated rings. The van der Waals surface area contributed by atoms with Gasteiger partial charge in [-0.2, -0.15) is 0 Å². The average Bonchev–Trinajstić information content (AvgIpc) is 3.00. The molecular formula is C23H31N3O3. The van der Waals surface area contributed by atoms with Gasteiger partial charge in [-0.1, -0.05) is 30.3 Å². The minimum absolute atomic E-state index is 0.677. The van der Waals surface area contributed by atoms with Gasteiger partial charge in [-0.25, -0.2) is 0 Å². The first kappa shape index (κ1) is 21.0. The molecule has 2 N–H and O–H groups in total. The van der Waals surface area contributed by atoms with Crippen LogP contribution in [0, 0.1) is 0 Å². The van der Waals surface area contributed by atoms with Crippen molar-refractivity contribution in [1.29, 1.82) is 0 Å². The summed E-state index contributed by atoms with van der Waals surface area (Å²) in [5, 5.41) is 6.64. The summed E-state index contributed by atoms with van der Waals surface area (Å²) in [5.74, 6) is 2.31. The summed E-state index contributed by atoms with van der Waals surface area (Å²) in [4.78, 5) is 4.29. The first-order valence-electron chi connectivity index (χ1n) is 10.3. The van der Waals surface area contributed by atoms with Gasteiger partial charge in [-0.3, -0.25) is 4.99 Å². The number of unbranched alkanes of at least 4 members (excludes halogenated alkanes) is 1. The third-order valence-electron chi connectivity index (χ3n) is 4.62. The van der Waals surface area contributed by atoms with Crippen molar-refractivity contribution in [3.05, 3.63) is 54.1 Å². The van der Waals surface area contributed by atoms with Crippen LogP contribution >= 0.6 is 0 Å². The maximum absolute atomic E-state index is 5.74. The van der Waals surface area contributed by atoms with Gasteiger partial charge in [0.25, 0.3) is 0 Å². The van der Waals surface area contributed by atoms with E-state index in [9.17, 15) is 0 Å². The quantitative estimate of drug-likeness (QED) is 0.382. The van der Waals surface area contributed by atoms with E-state index in [0.29, 0.717) is 13.2 Å². The van der Waals surface area contributed by atoms with Crippen molar-refractivity contribution in [1.82, 2.24) is 5.32 Å². The summed E-state index contributed by atoms with van der Waals surface area (Å²) in [5.41, 5.74) is 2.24. The van der Waals surface area contributed by atoms with Crippen LogP contribution < -0.4 is 20.1 Å². The van der Waals surface area contributed by atoms with E-state index in [1.165, 1.54) is 5.56 Å². The summed E-state index contributed by atoms with van der Waals surface area (Å²) < 4.78 is 17.1. The van der Waals surface area contributed by atoms with Crippen LogP contribution in [0.1, 0.15) is 24.8 Å². The van der Waals surface area contributed by atoms with Gasteiger partial charge in [0.05, 0.1) is 19.8 Å². The Labute approximate surface area is 173 Å². The van der Waals surface area contributed by atoms with E-state index in [4.69, 9.17) is 14.2 Å². The molecule has 0 atom stereocenters. The number of nitrogens with one attached hydrogen (secondary N) is 2. The number of ether oxygens (including phenoxy) is 3. The highest BCUT2D eigenvalue weighted by Crippen LogP contribution is 2.32. The SMILES string of the molecule is CN=C(NCCCCOCCc1ccccc1)Nc1ccc2c(c1)OCCCO2. The first-order valence-corrected chi connectivity index (χ1v) is 10.3. The lowest BCUT2D eigenvalue weighted by Crippen LogP contribution is -2.31. The molecule has 1 heterocycles. The van der Waals surface area contributed by atoms with Crippen molar-refractivity contribution >= 4 is 11.6 Å². The Hall–Kier alpha value is -2.73. The maximum atomic E-state index is 5.74. The molecule has 29 heavy (non-hydrogen) atoms. The largest absolute Gasteiger partial charge is 0.490 e. The van der Waals surface area contributed by atoms with E-state index in [1.54, 1.807) is 7.05 Å². The van der Waals surface area contributed by atoms with Crippen LogP contribution in [-0.2, 0) is 11.2 Å². The molecule has 0 unspecified atom stereocenters. The Bertz CT molecular complexity index is 765. The molecule has 156 valence electrons. The van der Waals surface area contributed by atoms with Gasteiger partial charge in [-0.15, -0.1) is 0 Å². The highest BCUT2D eigenvalue weighted by atomic mass is 16.5. The van der Waals surface area contributed by atoms with E-state index < -0.39 is 0 Å². The number of guanidine groups is 1. The maximum Gasteiger partial charge on any atom is 0.195 e. The zero-order chi connectivity index (χ0) is 20.2. The number of anilines is 1. The highest BCUT2D eigenvalue weighted by Gasteiger charge is 2.11. The lowest BCUT2D eigenvalue weighted by Gasteiger charge is -2.14. The molecule has 2 aromatic carbocycles. The number of hydrogen-bond donors (Lipinski definition) is 2. The third kappa shape index (κ3) is 7.31. The number of nitrogens with zero attached hydrogens (tertiary/aromatic N) is 1. The zero-order valence-electron chi connectivity index (χ0n) is 17.2. The molecule has 0 radical (unpaired) electrons. The van der Waals surface area contributed by atoms with E-state index in [1.807, 2.05) is 24.3 Å². The Morgan fingerprint density at radius 1 is 1.00 bits per heavy atom. The predicted molar refractivity (Wildman–Crippen MR) is 117 cm³/mol. The monoisotopic (exact) mass is 397 g/mol. The Morgan fingerprint density at radius 3 is 2.66 bits per heavy atom.